The first-order valence-corrected chi connectivity index (χ1v) is 10.6. The third-order valence-electron chi connectivity index (χ3n) is 5.67. The van der Waals surface area contributed by atoms with Crippen LogP contribution in [0.1, 0.15) is 22.7 Å². The molecule has 1 saturated heterocycles. The van der Waals surface area contributed by atoms with Crippen LogP contribution in [-0.2, 0) is 0 Å². The van der Waals surface area contributed by atoms with E-state index in [9.17, 15) is 0 Å². The summed E-state index contributed by atoms with van der Waals surface area (Å²) in [4.78, 5) is 4.68. The number of piperazine rings is 1. The van der Waals surface area contributed by atoms with Gasteiger partial charge in [-0.3, -0.25) is 9.91 Å². The van der Waals surface area contributed by atoms with Gasteiger partial charge in [-0.1, -0.05) is 72.8 Å². The summed E-state index contributed by atoms with van der Waals surface area (Å²) < 4.78 is 0. The van der Waals surface area contributed by atoms with Crippen LogP contribution < -0.4 is 4.90 Å². The number of nitrogens with zero attached hydrogens (tertiary/aromatic N) is 4. The summed E-state index contributed by atoms with van der Waals surface area (Å²) in [6, 6.07) is 30.4. The Hall–Kier alpha value is -3.11. The number of hydrazone groups is 1. The predicted molar refractivity (Wildman–Crippen MR) is 126 cm³/mol. The molecular formula is C26H30N4. The van der Waals surface area contributed by atoms with Crippen molar-refractivity contribution in [1.29, 1.82) is 0 Å². The molecule has 1 aliphatic heterocycles. The standard InChI is InChI=1S/C26H30N4/c1-28(2)25-15-13-22(14-16-25)21-27-30-19-17-29(18-20-30)26(23-9-5-3-6-10-23)24-11-7-4-8-12-24/h3-16,21,26H,17-20H2,1-2H3/b27-21-. The van der Waals surface area contributed by atoms with Crippen molar-refractivity contribution in [2.45, 2.75) is 6.04 Å². The van der Waals surface area contributed by atoms with Gasteiger partial charge in [0, 0.05) is 46.0 Å². The molecule has 0 radical (unpaired) electrons. The van der Waals surface area contributed by atoms with E-state index in [4.69, 9.17) is 5.10 Å². The summed E-state index contributed by atoms with van der Waals surface area (Å²) in [7, 11) is 4.11. The first-order chi connectivity index (χ1) is 14.7. The molecule has 0 saturated carbocycles. The molecule has 1 aliphatic rings. The molecule has 3 aromatic carbocycles. The second kappa shape index (κ2) is 9.59. The highest BCUT2D eigenvalue weighted by atomic mass is 15.5. The molecular weight excluding hydrogens is 368 g/mol. The molecule has 0 aliphatic carbocycles. The summed E-state index contributed by atoms with van der Waals surface area (Å²) in [5.74, 6) is 0. The van der Waals surface area contributed by atoms with Gasteiger partial charge in [0.1, 0.15) is 0 Å². The lowest BCUT2D eigenvalue weighted by Crippen LogP contribution is -2.45. The highest BCUT2D eigenvalue weighted by molar-refractivity contribution is 5.80. The van der Waals surface area contributed by atoms with Crippen molar-refractivity contribution >= 4 is 11.9 Å². The average Bonchev–Trinajstić information content (AvgIpc) is 2.80. The van der Waals surface area contributed by atoms with Crippen LogP contribution in [0.2, 0.25) is 0 Å². The monoisotopic (exact) mass is 398 g/mol. The molecule has 0 spiro atoms. The lowest BCUT2D eigenvalue weighted by Gasteiger charge is -2.38. The number of hydrogen-bond acceptors (Lipinski definition) is 4. The highest BCUT2D eigenvalue weighted by Crippen LogP contribution is 2.29. The largest absolute Gasteiger partial charge is 0.378 e. The van der Waals surface area contributed by atoms with E-state index in [-0.39, 0.29) is 6.04 Å². The maximum Gasteiger partial charge on any atom is 0.0603 e. The number of anilines is 1. The number of benzene rings is 3. The molecule has 30 heavy (non-hydrogen) atoms. The van der Waals surface area contributed by atoms with Gasteiger partial charge in [-0.25, -0.2) is 0 Å². The molecule has 0 amide bonds. The molecule has 0 aromatic heterocycles. The van der Waals surface area contributed by atoms with Gasteiger partial charge in [-0.15, -0.1) is 0 Å². The minimum Gasteiger partial charge on any atom is -0.378 e. The van der Waals surface area contributed by atoms with Gasteiger partial charge in [-0.2, -0.15) is 5.10 Å². The Balaban J connectivity index is 1.42. The fourth-order valence-electron chi connectivity index (χ4n) is 3.98. The molecule has 3 aromatic rings. The molecule has 154 valence electrons. The lowest BCUT2D eigenvalue weighted by atomic mass is 9.96. The maximum absolute atomic E-state index is 4.74. The second-order valence-electron chi connectivity index (χ2n) is 7.94. The predicted octanol–water partition coefficient (Wildman–Crippen LogP) is 4.49. The third kappa shape index (κ3) is 4.89. The van der Waals surface area contributed by atoms with Gasteiger partial charge in [0.25, 0.3) is 0 Å². The Kier molecular flexibility index (Phi) is 6.45. The second-order valence-corrected chi connectivity index (χ2v) is 7.94. The van der Waals surface area contributed by atoms with Crippen molar-refractivity contribution in [3.8, 4) is 0 Å². The molecule has 1 fully saturated rings. The molecule has 0 N–H and O–H groups in total. The van der Waals surface area contributed by atoms with Crippen molar-refractivity contribution in [1.82, 2.24) is 9.91 Å². The highest BCUT2D eigenvalue weighted by Gasteiger charge is 2.25. The summed E-state index contributed by atoms with van der Waals surface area (Å²) >= 11 is 0. The molecule has 4 nitrogen and oxygen atoms in total. The molecule has 4 heteroatoms. The molecule has 4 rings (SSSR count). The molecule has 0 bridgehead atoms. The summed E-state index contributed by atoms with van der Waals surface area (Å²) in [5.41, 5.74) is 5.03. The Bertz CT molecular complexity index is 888. The number of rotatable bonds is 6. The van der Waals surface area contributed by atoms with Crippen LogP contribution in [0.25, 0.3) is 0 Å². The van der Waals surface area contributed by atoms with Crippen molar-refractivity contribution in [3.05, 3.63) is 102 Å². The zero-order valence-electron chi connectivity index (χ0n) is 17.9. The summed E-state index contributed by atoms with van der Waals surface area (Å²) in [5, 5.41) is 6.92. The van der Waals surface area contributed by atoms with Gasteiger partial charge < -0.3 is 4.90 Å². The smallest absolute Gasteiger partial charge is 0.0603 e. The third-order valence-corrected chi connectivity index (χ3v) is 5.67. The van der Waals surface area contributed by atoms with Crippen LogP contribution in [0.15, 0.2) is 90.0 Å². The van der Waals surface area contributed by atoms with E-state index >= 15 is 0 Å². The van der Waals surface area contributed by atoms with Crippen LogP contribution in [0, 0.1) is 0 Å². The quantitative estimate of drug-likeness (QED) is 0.571. The SMILES string of the molecule is CN(C)c1ccc(/C=N\N2CCN(C(c3ccccc3)c3ccccc3)CC2)cc1. The maximum atomic E-state index is 4.74. The van der Waals surface area contributed by atoms with Crippen molar-refractivity contribution in [3.63, 3.8) is 0 Å². The van der Waals surface area contributed by atoms with E-state index in [1.165, 1.54) is 16.8 Å². The molecule has 0 unspecified atom stereocenters. The van der Waals surface area contributed by atoms with E-state index < -0.39 is 0 Å². The Morgan fingerprint density at radius 2 is 1.27 bits per heavy atom. The first kappa shape index (κ1) is 20.2. The van der Waals surface area contributed by atoms with Crippen LogP contribution in [0.4, 0.5) is 5.69 Å². The van der Waals surface area contributed by atoms with Crippen LogP contribution in [0.3, 0.4) is 0 Å². The van der Waals surface area contributed by atoms with Crippen molar-refractivity contribution < 1.29 is 0 Å². The molecule has 0 atom stereocenters. The van der Waals surface area contributed by atoms with E-state index in [1.54, 1.807) is 0 Å². The van der Waals surface area contributed by atoms with E-state index in [0.717, 1.165) is 31.7 Å². The zero-order chi connectivity index (χ0) is 20.8. The Morgan fingerprint density at radius 3 is 1.77 bits per heavy atom. The molecule has 1 heterocycles. The van der Waals surface area contributed by atoms with Gasteiger partial charge >= 0.3 is 0 Å². The topological polar surface area (TPSA) is 22.1 Å². The van der Waals surface area contributed by atoms with Crippen LogP contribution in [-0.4, -0.2) is 56.4 Å². The van der Waals surface area contributed by atoms with Gasteiger partial charge in [-0.05, 0) is 28.8 Å². The summed E-state index contributed by atoms with van der Waals surface area (Å²) in [6.45, 7) is 3.85. The fraction of sp³-hybridized carbons (Fsp3) is 0.269. The van der Waals surface area contributed by atoms with Gasteiger partial charge in [0.15, 0.2) is 0 Å². The van der Waals surface area contributed by atoms with E-state index in [0.29, 0.717) is 0 Å². The van der Waals surface area contributed by atoms with Gasteiger partial charge in [0.05, 0.1) is 12.3 Å². The zero-order valence-corrected chi connectivity index (χ0v) is 17.9. The Labute approximate surface area is 180 Å². The normalized spacial score (nSPS) is 15.1. The fourth-order valence-corrected chi connectivity index (χ4v) is 3.98. The lowest BCUT2D eigenvalue weighted by molar-refractivity contribution is 0.113. The average molecular weight is 399 g/mol. The first-order valence-electron chi connectivity index (χ1n) is 10.6. The minimum absolute atomic E-state index is 0.289. The Morgan fingerprint density at radius 1 is 0.733 bits per heavy atom. The van der Waals surface area contributed by atoms with Crippen LogP contribution in [0.5, 0.6) is 0 Å². The van der Waals surface area contributed by atoms with E-state index in [1.807, 2.05) is 6.21 Å². The van der Waals surface area contributed by atoms with E-state index in [2.05, 4.69) is 114 Å². The summed E-state index contributed by atoms with van der Waals surface area (Å²) in [6.07, 6.45) is 1.97. The number of hydrogen-bond donors (Lipinski definition) is 0. The van der Waals surface area contributed by atoms with Crippen LogP contribution >= 0.6 is 0 Å². The van der Waals surface area contributed by atoms with Gasteiger partial charge in [0.2, 0.25) is 0 Å². The van der Waals surface area contributed by atoms with Crippen molar-refractivity contribution in [2.24, 2.45) is 5.10 Å². The van der Waals surface area contributed by atoms with Crippen molar-refractivity contribution in [2.75, 3.05) is 45.2 Å². The minimum atomic E-state index is 0.289.